The molecule has 38 heavy (non-hydrogen) atoms. The minimum atomic E-state index is -4.79. The Labute approximate surface area is 217 Å². The Balaban J connectivity index is 1.90. The number of nitrogens with one attached hydrogen (secondary N) is 2. The van der Waals surface area contributed by atoms with Gasteiger partial charge in [0.2, 0.25) is 5.91 Å². The average molecular weight is 529 g/mol. The predicted octanol–water partition coefficient (Wildman–Crippen LogP) is 6.22. The number of anilines is 3. The molecule has 0 aliphatic rings. The lowest BCUT2D eigenvalue weighted by Gasteiger charge is -2.28. The van der Waals surface area contributed by atoms with Crippen molar-refractivity contribution in [1.82, 2.24) is 4.98 Å². The Hall–Kier alpha value is -4.41. The number of alkyl halides is 3. The molecule has 11 heteroatoms. The lowest BCUT2D eigenvalue weighted by atomic mass is 10.0. The van der Waals surface area contributed by atoms with Crippen LogP contribution in [0.15, 0.2) is 54.7 Å². The van der Waals surface area contributed by atoms with Crippen molar-refractivity contribution in [2.24, 2.45) is 0 Å². The average Bonchev–Trinajstić information content (AvgIpc) is 2.83. The fraction of sp³-hybridized carbons (Fsp3) is 0.259. The van der Waals surface area contributed by atoms with E-state index in [1.165, 1.54) is 18.0 Å². The molecule has 0 saturated carbocycles. The molecule has 1 aromatic heterocycles. The van der Waals surface area contributed by atoms with Gasteiger partial charge in [0, 0.05) is 30.5 Å². The first kappa shape index (κ1) is 28.2. The highest BCUT2D eigenvalue weighted by molar-refractivity contribution is 6.12. The Morgan fingerprint density at radius 3 is 2.26 bits per heavy atom. The highest BCUT2D eigenvalue weighted by Crippen LogP contribution is 2.42. The van der Waals surface area contributed by atoms with Gasteiger partial charge in [-0.1, -0.05) is 18.2 Å². The third-order valence-electron chi connectivity index (χ3n) is 5.85. The fourth-order valence-corrected chi connectivity index (χ4v) is 3.75. The molecule has 3 rings (SSSR count). The lowest BCUT2D eigenvalue weighted by molar-refractivity contribution is -0.137. The minimum Gasteiger partial charge on any atom is -0.465 e. The maximum atomic E-state index is 13.9. The number of carboxylic acid groups (broad SMARTS) is 1. The van der Waals surface area contributed by atoms with Gasteiger partial charge in [-0.25, -0.2) is 4.79 Å². The summed E-state index contributed by atoms with van der Waals surface area (Å²) in [5.41, 5.74) is 0.569. The van der Waals surface area contributed by atoms with Crippen LogP contribution in [0.25, 0.3) is 11.1 Å². The number of aryl methyl sites for hydroxylation is 1. The first-order valence-corrected chi connectivity index (χ1v) is 11.6. The van der Waals surface area contributed by atoms with Crippen molar-refractivity contribution in [2.45, 2.75) is 39.4 Å². The summed E-state index contributed by atoms with van der Waals surface area (Å²) >= 11 is 0. The molecule has 0 unspecified atom stereocenters. The van der Waals surface area contributed by atoms with Crippen molar-refractivity contribution < 1.29 is 32.7 Å². The molecule has 200 valence electrons. The fourth-order valence-electron chi connectivity index (χ4n) is 3.75. The van der Waals surface area contributed by atoms with Crippen molar-refractivity contribution in [3.8, 4) is 11.1 Å². The van der Waals surface area contributed by atoms with E-state index in [1.54, 1.807) is 44.3 Å². The van der Waals surface area contributed by atoms with E-state index in [2.05, 4.69) is 10.3 Å². The van der Waals surface area contributed by atoms with E-state index in [0.717, 1.165) is 22.9 Å². The van der Waals surface area contributed by atoms with Crippen molar-refractivity contribution in [1.29, 1.82) is 0 Å². The maximum Gasteiger partial charge on any atom is 0.418 e. The minimum absolute atomic E-state index is 0.237. The number of benzene rings is 2. The predicted molar refractivity (Wildman–Crippen MR) is 139 cm³/mol. The second kappa shape index (κ2) is 11.3. The van der Waals surface area contributed by atoms with Crippen LogP contribution in [0.4, 0.5) is 35.0 Å². The molecular formula is C27H27F3N4O4. The number of rotatable bonds is 8. The van der Waals surface area contributed by atoms with Crippen LogP contribution in [0.5, 0.6) is 0 Å². The van der Waals surface area contributed by atoms with Crippen molar-refractivity contribution in [3.05, 3.63) is 71.5 Å². The number of carbonyl (C=O) groups excluding carboxylic acids is 2. The summed E-state index contributed by atoms with van der Waals surface area (Å²) in [6.07, 6.45) is -5.35. The summed E-state index contributed by atoms with van der Waals surface area (Å²) in [7, 11) is 1.44. The molecule has 0 spiro atoms. The topological polar surface area (TPSA) is 112 Å². The molecule has 0 fully saturated rings. The number of Topliss-reactive ketones (excluding diaryl/α,β-unsaturated/α-hetero) is 1. The van der Waals surface area contributed by atoms with E-state index in [9.17, 15) is 32.7 Å². The molecule has 0 radical (unpaired) electrons. The van der Waals surface area contributed by atoms with Crippen molar-refractivity contribution >= 4 is 34.8 Å². The summed E-state index contributed by atoms with van der Waals surface area (Å²) < 4.78 is 41.7. The molecule has 0 aliphatic heterocycles. The number of amides is 2. The third-order valence-corrected chi connectivity index (χ3v) is 5.85. The summed E-state index contributed by atoms with van der Waals surface area (Å²) in [4.78, 5) is 42.3. The molecule has 0 aliphatic carbocycles. The highest BCUT2D eigenvalue weighted by Gasteiger charge is 2.36. The van der Waals surface area contributed by atoms with E-state index < -0.39 is 41.6 Å². The quantitative estimate of drug-likeness (QED) is 0.236. The van der Waals surface area contributed by atoms with Crippen LogP contribution >= 0.6 is 0 Å². The molecule has 2 amide bonds. The van der Waals surface area contributed by atoms with Crippen molar-refractivity contribution in [3.63, 3.8) is 0 Å². The SMILES string of the molecule is Cc1cc(-c2cccc(C(=O)CC(=O)Nc3cc(C(F)(F)F)c(N(C)C(C)C)cc3NC(=O)O)c2)ccn1. The van der Waals surface area contributed by atoms with Crippen LogP contribution in [0.1, 0.15) is 41.9 Å². The van der Waals surface area contributed by atoms with Gasteiger partial charge in [-0.3, -0.25) is 19.9 Å². The molecule has 8 nitrogen and oxygen atoms in total. The van der Waals surface area contributed by atoms with Crippen LogP contribution in [-0.2, 0) is 11.0 Å². The van der Waals surface area contributed by atoms with Crippen LogP contribution < -0.4 is 15.5 Å². The highest BCUT2D eigenvalue weighted by atomic mass is 19.4. The zero-order valence-electron chi connectivity index (χ0n) is 21.2. The van der Waals surface area contributed by atoms with E-state index in [4.69, 9.17) is 0 Å². The van der Waals surface area contributed by atoms with Gasteiger partial charge in [0.25, 0.3) is 0 Å². The van der Waals surface area contributed by atoms with Gasteiger partial charge in [0.05, 0.1) is 29.0 Å². The number of aromatic nitrogens is 1. The second-order valence-electron chi connectivity index (χ2n) is 8.96. The van der Waals surface area contributed by atoms with E-state index >= 15 is 0 Å². The van der Waals surface area contributed by atoms with Gasteiger partial charge in [-0.15, -0.1) is 0 Å². The Morgan fingerprint density at radius 2 is 1.66 bits per heavy atom. The van der Waals surface area contributed by atoms with Crippen LogP contribution in [0.2, 0.25) is 0 Å². The Bertz CT molecular complexity index is 1370. The second-order valence-corrected chi connectivity index (χ2v) is 8.96. The first-order valence-electron chi connectivity index (χ1n) is 11.6. The Morgan fingerprint density at radius 1 is 1.00 bits per heavy atom. The molecule has 3 aromatic rings. The number of carbonyl (C=O) groups is 3. The number of nitrogens with zero attached hydrogens (tertiary/aromatic N) is 2. The number of hydrogen-bond acceptors (Lipinski definition) is 5. The van der Waals surface area contributed by atoms with Gasteiger partial charge in [0.1, 0.15) is 0 Å². The van der Waals surface area contributed by atoms with Crippen molar-refractivity contribution in [2.75, 3.05) is 22.6 Å². The third kappa shape index (κ3) is 6.87. The molecular weight excluding hydrogens is 501 g/mol. The van der Waals surface area contributed by atoms with Gasteiger partial charge >= 0.3 is 12.3 Å². The molecule has 0 saturated heterocycles. The van der Waals surface area contributed by atoms with Gasteiger partial charge in [-0.05, 0) is 62.2 Å². The van der Waals surface area contributed by atoms with E-state index in [-0.39, 0.29) is 23.0 Å². The smallest absolute Gasteiger partial charge is 0.418 e. The van der Waals surface area contributed by atoms with Crippen LogP contribution in [-0.4, -0.2) is 41.0 Å². The van der Waals surface area contributed by atoms with Gasteiger partial charge < -0.3 is 15.3 Å². The normalized spacial score (nSPS) is 11.3. The summed E-state index contributed by atoms with van der Waals surface area (Å²) in [5.74, 6) is -1.46. The lowest BCUT2D eigenvalue weighted by Crippen LogP contribution is -2.29. The molecule has 0 atom stereocenters. The molecule has 2 aromatic carbocycles. The number of ketones is 1. The summed E-state index contributed by atoms with van der Waals surface area (Å²) in [6, 6.07) is 11.5. The van der Waals surface area contributed by atoms with Crippen LogP contribution in [0, 0.1) is 6.92 Å². The standard InChI is InChI=1S/C27H27F3N4O4/c1-15(2)34(4)23-13-22(33-26(37)38)21(12-20(23)27(28,29)30)32-25(36)14-24(35)19-7-5-6-17(11-19)18-8-9-31-16(3)10-18/h5-13,15,33H,14H2,1-4H3,(H,32,36)(H,37,38). The zero-order valence-corrected chi connectivity index (χ0v) is 21.2. The molecule has 3 N–H and O–H groups in total. The monoisotopic (exact) mass is 528 g/mol. The summed E-state index contributed by atoms with van der Waals surface area (Å²) in [5, 5.41) is 13.5. The van der Waals surface area contributed by atoms with E-state index in [1.807, 2.05) is 18.3 Å². The Kier molecular flexibility index (Phi) is 8.39. The number of hydrogen-bond donors (Lipinski definition) is 3. The van der Waals surface area contributed by atoms with Gasteiger partial charge in [0.15, 0.2) is 5.78 Å². The number of pyridine rings is 1. The number of halogens is 3. The molecule has 1 heterocycles. The zero-order chi connectivity index (χ0) is 28.2. The van der Waals surface area contributed by atoms with E-state index in [0.29, 0.717) is 6.07 Å². The molecule has 0 bridgehead atoms. The van der Waals surface area contributed by atoms with Crippen LogP contribution in [0.3, 0.4) is 0 Å². The van der Waals surface area contributed by atoms with Gasteiger partial charge in [-0.2, -0.15) is 13.2 Å². The largest absolute Gasteiger partial charge is 0.465 e. The first-order chi connectivity index (χ1) is 17.8. The maximum absolute atomic E-state index is 13.9. The summed E-state index contributed by atoms with van der Waals surface area (Å²) in [6.45, 7) is 5.18.